The summed E-state index contributed by atoms with van der Waals surface area (Å²) < 4.78 is 43.5. The lowest BCUT2D eigenvalue weighted by atomic mass is 10.1. The normalized spacial score (nSPS) is 11.5. The monoisotopic (exact) mass is 348 g/mol. The molecule has 0 aliphatic carbocycles. The van der Waals surface area contributed by atoms with Crippen LogP contribution < -0.4 is 11.1 Å². The Bertz CT molecular complexity index is 844. The van der Waals surface area contributed by atoms with Gasteiger partial charge in [0, 0.05) is 18.7 Å². The highest BCUT2D eigenvalue weighted by molar-refractivity contribution is 5.76. The summed E-state index contributed by atoms with van der Waals surface area (Å²) in [6, 6.07) is 12.0. The van der Waals surface area contributed by atoms with Gasteiger partial charge in [0.05, 0.1) is 16.8 Å². The molecule has 0 saturated carbocycles. The van der Waals surface area contributed by atoms with Crippen LogP contribution in [0.1, 0.15) is 11.5 Å². The van der Waals surface area contributed by atoms with E-state index in [2.05, 4.69) is 15.5 Å². The van der Waals surface area contributed by atoms with Crippen molar-refractivity contribution in [3.8, 4) is 11.5 Å². The molecule has 1 aromatic heterocycles. The second kappa shape index (κ2) is 6.94. The van der Waals surface area contributed by atoms with E-state index < -0.39 is 11.7 Å². The highest BCUT2D eigenvalue weighted by atomic mass is 19.4. The lowest BCUT2D eigenvalue weighted by molar-refractivity contribution is -0.137. The molecule has 0 fully saturated rings. The lowest BCUT2D eigenvalue weighted by Crippen LogP contribution is -2.04. The van der Waals surface area contributed by atoms with E-state index >= 15 is 0 Å². The Morgan fingerprint density at radius 3 is 2.40 bits per heavy atom. The highest BCUT2D eigenvalue weighted by Gasteiger charge is 2.29. The van der Waals surface area contributed by atoms with Gasteiger partial charge in [-0.3, -0.25) is 0 Å². The molecule has 8 heteroatoms. The largest absolute Gasteiger partial charge is 0.421 e. The van der Waals surface area contributed by atoms with Gasteiger partial charge in [-0.05, 0) is 36.4 Å². The van der Waals surface area contributed by atoms with Crippen molar-refractivity contribution < 1.29 is 17.6 Å². The van der Waals surface area contributed by atoms with Crippen LogP contribution in [0.4, 0.5) is 24.5 Å². The number of anilines is 2. The van der Waals surface area contributed by atoms with Gasteiger partial charge in [-0.2, -0.15) is 13.2 Å². The predicted octanol–water partition coefficient (Wildman–Crippen LogP) is 4.00. The maximum atomic E-state index is 12.6. The van der Waals surface area contributed by atoms with Crippen molar-refractivity contribution in [2.45, 2.75) is 12.6 Å². The zero-order valence-electron chi connectivity index (χ0n) is 13.0. The number of halogens is 3. The van der Waals surface area contributed by atoms with Gasteiger partial charge in [-0.25, -0.2) is 0 Å². The van der Waals surface area contributed by atoms with Crippen molar-refractivity contribution in [3.63, 3.8) is 0 Å². The molecule has 3 aromatic rings. The first-order chi connectivity index (χ1) is 12.0. The number of alkyl halides is 3. The first-order valence-electron chi connectivity index (χ1n) is 7.53. The minimum atomic E-state index is -4.36. The van der Waals surface area contributed by atoms with Crippen LogP contribution in [0, 0.1) is 0 Å². The SMILES string of the molecule is NCCc1nnc(-c2ccccc2Nc2ccc(C(F)(F)F)cc2)o1. The van der Waals surface area contributed by atoms with E-state index in [1.807, 2.05) is 0 Å². The summed E-state index contributed by atoms with van der Waals surface area (Å²) in [6.45, 7) is 0.396. The minimum Gasteiger partial charge on any atom is -0.421 e. The maximum absolute atomic E-state index is 12.6. The molecular formula is C17H15F3N4O. The summed E-state index contributed by atoms with van der Waals surface area (Å²) >= 11 is 0. The minimum absolute atomic E-state index is 0.318. The van der Waals surface area contributed by atoms with Crippen molar-refractivity contribution in [1.82, 2.24) is 10.2 Å². The molecule has 0 radical (unpaired) electrons. The van der Waals surface area contributed by atoms with Crippen LogP contribution in [0.15, 0.2) is 52.9 Å². The van der Waals surface area contributed by atoms with E-state index in [4.69, 9.17) is 10.2 Å². The number of para-hydroxylation sites is 1. The number of hydrogen-bond acceptors (Lipinski definition) is 5. The molecule has 1 heterocycles. The average Bonchev–Trinajstić information content (AvgIpc) is 3.04. The van der Waals surface area contributed by atoms with E-state index in [9.17, 15) is 13.2 Å². The van der Waals surface area contributed by atoms with Crippen LogP contribution in [0.3, 0.4) is 0 Å². The Morgan fingerprint density at radius 1 is 1.00 bits per heavy atom. The molecule has 0 atom stereocenters. The molecule has 0 spiro atoms. The van der Waals surface area contributed by atoms with Crippen LogP contribution in [0.25, 0.3) is 11.5 Å². The van der Waals surface area contributed by atoms with Gasteiger partial charge in [0.25, 0.3) is 0 Å². The molecule has 0 unspecified atom stereocenters. The zero-order valence-corrected chi connectivity index (χ0v) is 13.0. The summed E-state index contributed by atoms with van der Waals surface area (Å²) in [5, 5.41) is 11.0. The van der Waals surface area contributed by atoms with Crippen molar-refractivity contribution in [3.05, 3.63) is 60.0 Å². The zero-order chi connectivity index (χ0) is 17.9. The van der Waals surface area contributed by atoms with E-state index in [0.717, 1.165) is 12.1 Å². The summed E-state index contributed by atoms with van der Waals surface area (Å²) in [5.41, 5.74) is 6.57. The summed E-state index contributed by atoms with van der Waals surface area (Å²) in [7, 11) is 0. The second-order valence-corrected chi connectivity index (χ2v) is 5.29. The van der Waals surface area contributed by atoms with Gasteiger partial charge in [0.1, 0.15) is 0 Å². The molecule has 0 saturated heterocycles. The van der Waals surface area contributed by atoms with Crippen LogP contribution in [0.5, 0.6) is 0 Å². The third kappa shape index (κ3) is 3.97. The Hall–Kier alpha value is -2.87. The van der Waals surface area contributed by atoms with Gasteiger partial charge in [0.2, 0.25) is 11.8 Å². The molecule has 2 aromatic carbocycles. The molecule has 0 amide bonds. The fraction of sp³-hybridized carbons (Fsp3) is 0.176. The molecule has 0 aliphatic rings. The van der Waals surface area contributed by atoms with Crippen molar-refractivity contribution in [2.75, 3.05) is 11.9 Å². The van der Waals surface area contributed by atoms with Crippen LogP contribution in [-0.4, -0.2) is 16.7 Å². The van der Waals surface area contributed by atoms with E-state index in [1.165, 1.54) is 12.1 Å². The fourth-order valence-electron chi connectivity index (χ4n) is 2.26. The predicted molar refractivity (Wildman–Crippen MR) is 87.2 cm³/mol. The van der Waals surface area contributed by atoms with Crippen molar-refractivity contribution in [1.29, 1.82) is 0 Å². The number of aromatic nitrogens is 2. The van der Waals surface area contributed by atoms with Crippen molar-refractivity contribution in [2.24, 2.45) is 5.73 Å². The molecule has 0 aliphatic heterocycles. The molecule has 3 rings (SSSR count). The van der Waals surface area contributed by atoms with Gasteiger partial charge in [0.15, 0.2) is 0 Å². The standard InChI is InChI=1S/C17H15F3N4O/c18-17(19,20)11-5-7-12(8-6-11)22-14-4-2-1-3-13(14)16-24-23-15(25-16)9-10-21/h1-8,22H,9-10,21H2. The molecule has 5 nitrogen and oxygen atoms in total. The number of nitrogens with two attached hydrogens (primary N) is 1. The van der Waals surface area contributed by atoms with Crippen LogP contribution in [-0.2, 0) is 12.6 Å². The first kappa shape index (κ1) is 17.0. The summed E-state index contributed by atoms with van der Waals surface area (Å²) in [4.78, 5) is 0. The number of rotatable bonds is 5. The van der Waals surface area contributed by atoms with Crippen LogP contribution >= 0.6 is 0 Å². The maximum Gasteiger partial charge on any atom is 0.416 e. The van der Waals surface area contributed by atoms with E-state index in [0.29, 0.717) is 41.7 Å². The Morgan fingerprint density at radius 2 is 1.72 bits per heavy atom. The number of nitrogens with zero attached hydrogens (tertiary/aromatic N) is 2. The first-order valence-corrected chi connectivity index (χ1v) is 7.53. The van der Waals surface area contributed by atoms with E-state index in [1.54, 1.807) is 24.3 Å². The van der Waals surface area contributed by atoms with Crippen LogP contribution in [0.2, 0.25) is 0 Å². The fourth-order valence-corrected chi connectivity index (χ4v) is 2.26. The molecule has 130 valence electrons. The van der Waals surface area contributed by atoms with Gasteiger partial charge in [-0.1, -0.05) is 12.1 Å². The smallest absolute Gasteiger partial charge is 0.416 e. The second-order valence-electron chi connectivity index (χ2n) is 5.29. The Balaban J connectivity index is 1.85. The number of hydrogen-bond donors (Lipinski definition) is 2. The molecule has 0 bridgehead atoms. The average molecular weight is 348 g/mol. The quantitative estimate of drug-likeness (QED) is 0.729. The number of nitrogens with one attached hydrogen (secondary N) is 1. The third-order valence-electron chi connectivity index (χ3n) is 3.47. The summed E-state index contributed by atoms with van der Waals surface area (Å²) in [5.74, 6) is 0.750. The molecular weight excluding hydrogens is 333 g/mol. The third-order valence-corrected chi connectivity index (χ3v) is 3.47. The summed E-state index contributed by atoms with van der Waals surface area (Å²) in [6.07, 6.45) is -3.89. The highest BCUT2D eigenvalue weighted by Crippen LogP contribution is 2.32. The van der Waals surface area contributed by atoms with Gasteiger partial charge < -0.3 is 15.5 Å². The number of benzene rings is 2. The van der Waals surface area contributed by atoms with Gasteiger partial charge in [-0.15, -0.1) is 10.2 Å². The Kier molecular flexibility index (Phi) is 4.71. The topological polar surface area (TPSA) is 77.0 Å². The molecule has 25 heavy (non-hydrogen) atoms. The van der Waals surface area contributed by atoms with Crippen molar-refractivity contribution >= 4 is 11.4 Å². The van der Waals surface area contributed by atoms with E-state index in [-0.39, 0.29) is 0 Å². The Labute approximate surface area is 141 Å². The lowest BCUT2D eigenvalue weighted by Gasteiger charge is -2.11. The molecule has 3 N–H and O–H groups in total. The van der Waals surface area contributed by atoms with Gasteiger partial charge >= 0.3 is 6.18 Å².